The SMILES string of the molecule is CCOC(=O)C=Cc1ccc(N(C)c2cc3nc(Cl)nc(N4CCOCC4)c3s2)cc1. The zero-order chi connectivity index (χ0) is 21.8. The average molecular weight is 459 g/mol. The molecular weight excluding hydrogens is 436 g/mol. The number of benzene rings is 1. The van der Waals surface area contributed by atoms with Gasteiger partial charge in [0.25, 0.3) is 0 Å². The summed E-state index contributed by atoms with van der Waals surface area (Å²) in [5.74, 6) is 0.521. The van der Waals surface area contributed by atoms with Gasteiger partial charge in [-0.25, -0.2) is 9.78 Å². The Morgan fingerprint density at radius 2 is 2.03 bits per heavy atom. The molecule has 1 aliphatic heterocycles. The van der Waals surface area contributed by atoms with Crippen molar-refractivity contribution < 1.29 is 14.3 Å². The van der Waals surface area contributed by atoms with Gasteiger partial charge in [-0.2, -0.15) is 4.98 Å². The first kappa shape index (κ1) is 21.5. The number of anilines is 3. The average Bonchev–Trinajstić information content (AvgIpc) is 3.21. The molecule has 1 aromatic carbocycles. The topological polar surface area (TPSA) is 67.8 Å². The monoisotopic (exact) mass is 458 g/mol. The fraction of sp³-hybridized carbons (Fsp3) is 0.318. The van der Waals surface area contributed by atoms with Crippen LogP contribution in [-0.4, -0.2) is 55.9 Å². The van der Waals surface area contributed by atoms with Gasteiger partial charge in [0.1, 0.15) is 0 Å². The van der Waals surface area contributed by atoms with Crippen molar-refractivity contribution in [1.29, 1.82) is 0 Å². The Hall–Kier alpha value is -2.68. The van der Waals surface area contributed by atoms with E-state index in [0.717, 1.165) is 45.4 Å². The van der Waals surface area contributed by atoms with Gasteiger partial charge < -0.3 is 19.3 Å². The molecule has 9 heteroatoms. The number of carbonyl (C=O) groups excluding carboxylic acids is 1. The number of thiophene rings is 1. The molecule has 1 saturated heterocycles. The number of fused-ring (bicyclic) bond motifs is 1. The summed E-state index contributed by atoms with van der Waals surface area (Å²) in [6.45, 7) is 5.08. The van der Waals surface area contributed by atoms with Crippen LogP contribution in [0.15, 0.2) is 36.4 Å². The molecule has 0 spiro atoms. The number of nitrogens with zero attached hydrogens (tertiary/aromatic N) is 4. The Balaban J connectivity index is 1.57. The Bertz CT molecular complexity index is 1090. The zero-order valence-corrected chi connectivity index (χ0v) is 18.9. The Kier molecular flexibility index (Phi) is 6.70. The van der Waals surface area contributed by atoms with Gasteiger partial charge in [-0.1, -0.05) is 12.1 Å². The second-order valence-corrected chi connectivity index (χ2v) is 8.32. The van der Waals surface area contributed by atoms with Gasteiger partial charge in [0.15, 0.2) is 5.82 Å². The van der Waals surface area contributed by atoms with Crippen LogP contribution in [0, 0.1) is 0 Å². The third-order valence-corrected chi connectivity index (χ3v) is 6.30. The maximum absolute atomic E-state index is 11.5. The van der Waals surface area contributed by atoms with Crippen molar-refractivity contribution in [2.24, 2.45) is 0 Å². The Labute approximate surface area is 189 Å². The standard InChI is InChI=1S/C22H23ClN4O3S/c1-3-30-19(28)9-6-15-4-7-16(8-5-15)26(2)18-14-17-20(31-18)21(25-22(23)24-17)27-10-12-29-13-11-27/h4-9,14H,3,10-13H2,1-2H3. The van der Waals surface area contributed by atoms with Crippen LogP contribution in [0.1, 0.15) is 12.5 Å². The molecule has 3 aromatic rings. The molecule has 1 fully saturated rings. The van der Waals surface area contributed by atoms with E-state index in [2.05, 4.69) is 19.8 Å². The highest BCUT2D eigenvalue weighted by Crippen LogP contribution is 2.39. The lowest BCUT2D eigenvalue weighted by molar-refractivity contribution is -0.137. The van der Waals surface area contributed by atoms with Crippen LogP contribution in [0.5, 0.6) is 0 Å². The number of ether oxygens (including phenoxy) is 2. The van der Waals surface area contributed by atoms with Crippen molar-refractivity contribution in [1.82, 2.24) is 9.97 Å². The molecule has 3 heterocycles. The lowest BCUT2D eigenvalue weighted by Crippen LogP contribution is -2.36. The second-order valence-electron chi connectivity index (χ2n) is 6.95. The quantitative estimate of drug-likeness (QED) is 0.305. The summed E-state index contributed by atoms with van der Waals surface area (Å²) in [5.41, 5.74) is 2.78. The van der Waals surface area contributed by atoms with E-state index in [1.807, 2.05) is 37.4 Å². The third kappa shape index (κ3) is 4.98. The van der Waals surface area contributed by atoms with E-state index in [1.54, 1.807) is 24.3 Å². The van der Waals surface area contributed by atoms with Gasteiger partial charge in [0.05, 0.1) is 35.0 Å². The van der Waals surface area contributed by atoms with Gasteiger partial charge in [0, 0.05) is 31.9 Å². The summed E-state index contributed by atoms with van der Waals surface area (Å²) in [5, 5.41) is 1.29. The number of hydrogen-bond acceptors (Lipinski definition) is 8. The van der Waals surface area contributed by atoms with Gasteiger partial charge in [-0.3, -0.25) is 0 Å². The molecule has 0 bridgehead atoms. The van der Waals surface area contributed by atoms with Crippen molar-refractivity contribution in [3.8, 4) is 0 Å². The number of rotatable bonds is 6. The number of aromatic nitrogens is 2. The first-order valence-electron chi connectivity index (χ1n) is 10.0. The molecule has 0 saturated carbocycles. The summed E-state index contributed by atoms with van der Waals surface area (Å²) in [6, 6.07) is 9.98. The summed E-state index contributed by atoms with van der Waals surface area (Å²) in [7, 11) is 2.01. The summed E-state index contributed by atoms with van der Waals surface area (Å²) < 4.78 is 11.4. The maximum atomic E-state index is 11.5. The van der Waals surface area contributed by atoms with Crippen LogP contribution in [0.2, 0.25) is 5.28 Å². The van der Waals surface area contributed by atoms with Crippen molar-refractivity contribution in [3.05, 3.63) is 47.3 Å². The first-order chi connectivity index (χ1) is 15.0. The van der Waals surface area contributed by atoms with Crippen LogP contribution in [0.4, 0.5) is 16.5 Å². The van der Waals surface area contributed by atoms with Crippen LogP contribution >= 0.6 is 22.9 Å². The van der Waals surface area contributed by atoms with Crippen LogP contribution in [0.3, 0.4) is 0 Å². The summed E-state index contributed by atoms with van der Waals surface area (Å²) in [4.78, 5) is 24.7. The molecular formula is C22H23ClN4O3S. The normalized spacial score (nSPS) is 14.4. The molecule has 0 atom stereocenters. The minimum Gasteiger partial charge on any atom is -0.463 e. The molecule has 0 unspecified atom stereocenters. The van der Waals surface area contributed by atoms with E-state index in [0.29, 0.717) is 19.8 Å². The van der Waals surface area contributed by atoms with Crippen molar-refractivity contribution in [3.63, 3.8) is 0 Å². The lowest BCUT2D eigenvalue weighted by Gasteiger charge is -2.28. The summed E-state index contributed by atoms with van der Waals surface area (Å²) in [6.07, 6.45) is 3.18. The number of halogens is 1. The summed E-state index contributed by atoms with van der Waals surface area (Å²) >= 11 is 7.85. The van der Waals surface area contributed by atoms with Crippen molar-refractivity contribution in [2.75, 3.05) is 49.8 Å². The number of hydrogen-bond donors (Lipinski definition) is 0. The van der Waals surface area contributed by atoms with Gasteiger partial charge in [0.2, 0.25) is 5.28 Å². The Morgan fingerprint density at radius 1 is 1.29 bits per heavy atom. The van der Waals surface area contributed by atoms with E-state index in [9.17, 15) is 4.79 Å². The van der Waals surface area contributed by atoms with E-state index in [1.165, 1.54) is 6.08 Å². The minimum atomic E-state index is -0.343. The zero-order valence-electron chi connectivity index (χ0n) is 17.4. The molecule has 0 amide bonds. The molecule has 1 aliphatic rings. The maximum Gasteiger partial charge on any atom is 0.330 e. The smallest absolute Gasteiger partial charge is 0.330 e. The van der Waals surface area contributed by atoms with Crippen molar-refractivity contribution >= 4 is 61.7 Å². The minimum absolute atomic E-state index is 0.249. The molecule has 2 aromatic heterocycles. The van der Waals surface area contributed by atoms with E-state index in [4.69, 9.17) is 21.1 Å². The number of morpholine rings is 1. The lowest BCUT2D eigenvalue weighted by atomic mass is 10.2. The molecule has 31 heavy (non-hydrogen) atoms. The highest BCUT2D eigenvalue weighted by Gasteiger charge is 2.20. The van der Waals surface area contributed by atoms with Gasteiger partial charge >= 0.3 is 5.97 Å². The van der Waals surface area contributed by atoms with Gasteiger partial charge in [-0.15, -0.1) is 11.3 Å². The van der Waals surface area contributed by atoms with E-state index in [-0.39, 0.29) is 11.3 Å². The molecule has 7 nitrogen and oxygen atoms in total. The fourth-order valence-corrected chi connectivity index (χ4v) is 4.59. The fourth-order valence-electron chi connectivity index (χ4n) is 3.32. The van der Waals surface area contributed by atoms with Crippen molar-refractivity contribution in [2.45, 2.75) is 6.92 Å². The van der Waals surface area contributed by atoms with Crippen LogP contribution < -0.4 is 9.80 Å². The largest absolute Gasteiger partial charge is 0.463 e. The highest BCUT2D eigenvalue weighted by atomic mass is 35.5. The molecule has 4 rings (SSSR count). The van der Waals surface area contributed by atoms with Gasteiger partial charge in [-0.05, 0) is 48.4 Å². The molecule has 0 radical (unpaired) electrons. The first-order valence-corrected chi connectivity index (χ1v) is 11.2. The predicted molar refractivity (Wildman–Crippen MR) is 126 cm³/mol. The molecule has 0 N–H and O–H groups in total. The Morgan fingerprint density at radius 3 is 2.74 bits per heavy atom. The highest BCUT2D eigenvalue weighted by molar-refractivity contribution is 7.23. The molecule has 0 aliphatic carbocycles. The second kappa shape index (κ2) is 9.64. The third-order valence-electron chi connectivity index (χ3n) is 4.93. The molecule has 162 valence electrons. The van der Waals surface area contributed by atoms with Crippen LogP contribution in [0.25, 0.3) is 16.3 Å². The predicted octanol–water partition coefficient (Wildman–Crippen LogP) is 4.53. The van der Waals surface area contributed by atoms with E-state index >= 15 is 0 Å². The van der Waals surface area contributed by atoms with Crippen LogP contribution in [-0.2, 0) is 14.3 Å². The van der Waals surface area contributed by atoms with E-state index < -0.39 is 0 Å². The number of carbonyl (C=O) groups is 1. The number of esters is 1.